The average molecular weight is 291 g/mol. The van der Waals surface area contributed by atoms with Crippen LogP contribution in [0.3, 0.4) is 0 Å². The van der Waals surface area contributed by atoms with Crippen molar-refractivity contribution in [3.05, 3.63) is 29.3 Å². The Kier molecular flexibility index (Phi) is 4.55. The summed E-state index contributed by atoms with van der Waals surface area (Å²) in [5.41, 5.74) is 13.5. The van der Waals surface area contributed by atoms with Crippen LogP contribution in [0.1, 0.15) is 38.9 Å². The highest BCUT2D eigenvalue weighted by atomic mass is 16.5. The summed E-state index contributed by atoms with van der Waals surface area (Å²) in [7, 11) is 0. The van der Waals surface area contributed by atoms with Crippen LogP contribution < -0.4 is 11.5 Å². The standard InChI is InChI=1S/C15H25N5O/c1-9-5-6-20(8-10(9)2)14(17)13(7-11(3)16)15-18-12(4)19-21-15/h7,9-10H,5-6,8,16-17H2,1-4H3/b11-7-,14-13-. The van der Waals surface area contributed by atoms with Gasteiger partial charge in [-0.3, -0.25) is 0 Å². The third-order valence-corrected chi connectivity index (χ3v) is 4.08. The largest absolute Gasteiger partial charge is 0.402 e. The molecule has 2 rings (SSSR count). The number of rotatable bonds is 3. The van der Waals surface area contributed by atoms with Crippen molar-refractivity contribution in [1.82, 2.24) is 15.0 Å². The highest BCUT2D eigenvalue weighted by Crippen LogP contribution is 2.27. The normalized spacial score (nSPS) is 25.0. The molecule has 0 radical (unpaired) electrons. The lowest BCUT2D eigenvalue weighted by Crippen LogP contribution is -2.40. The smallest absolute Gasteiger partial charge is 0.261 e. The van der Waals surface area contributed by atoms with E-state index in [0.717, 1.165) is 25.4 Å². The Bertz CT molecular complexity index is 556. The van der Waals surface area contributed by atoms with Crippen molar-refractivity contribution in [1.29, 1.82) is 0 Å². The van der Waals surface area contributed by atoms with E-state index in [2.05, 4.69) is 28.9 Å². The van der Waals surface area contributed by atoms with Gasteiger partial charge in [0, 0.05) is 18.8 Å². The topological polar surface area (TPSA) is 94.2 Å². The van der Waals surface area contributed by atoms with Crippen LogP contribution in [-0.4, -0.2) is 28.1 Å². The minimum atomic E-state index is 0.418. The molecule has 21 heavy (non-hydrogen) atoms. The molecule has 0 bridgehead atoms. The molecule has 2 unspecified atom stereocenters. The van der Waals surface area contributed by atoms with Gasteiger partial charge >= 0.3 is 0 Å². The van der Waals surface area contributed by atoms with E-state index in [4.69, 9.17) is 16.0 Å². The van der Waals surface area contributed by atoms with Crippen molar-refractivity contribution >= 4 is 5.57 Å². The summed E-state index contributed by atoms with van der Waals surface area (Å²) < 4.78 is 5.26. The first-order chi connectivity index (χ1) is 9.88. The van der Waals surface area contributed by atoms with Gasteiger partial charge in [-0.05, 0) is 38.2 Å². The van der Waals surface area contributed by atoms with Gasteiger partial charge in [0.1, 0.15) is 5.82 Å². The Hall–Kier alpha value is -1.98. The van der Waals surface area contributed by atoms with Gasteiger partial charge in [0.2, 0.25) is 0 Å². The molecule has 1 aromatic rings. The van der Waals surface area contributed by atoms with Crippen molar-refractivity contribution in [3.63, 3.8) is 0 Å². The van der Waals surface area contributed by atoms with Crippen molar-refractivity contribution in [2.75, 3.05) is 13.1 Å². The van der Waals surface area contributed by atoms with E-state index in [1.165, 1.54) is 0 Å². The third-order valence-electron chi connectivity index (χ3n) is 4.08. The second-order valence-corrected chi connectivity index (χ2v) is 6.02. The molecule has 116 valence electrons. The summed E-state index contributed by atoms with van der Waals surface area (Å²) in [5.74, 6) is 2.98. The lowest BCUT2D eigenvalue weighted by molar-refractivity contribution is 0.171. The molecule has 6 nitrogen and oxygen atoms in total. The summed E-state index contributed by atoms with van der Waals surface area (Å²) in [6.45, 7) is 10.0. The number of nitrogens with zero attached hydrogens (tertiary/aromatic N) is 3. The van der Waals surface area contributed by atoms with Gasteiger partial charge in [-0.2, -0.15) is 4.98 Å². The van der Waals surface area contributed by atoms with Crippen LogP contribution in [0.25, 0.3) is 5.57 Å². The SMILES string of the molecule is C/C(N)=C/C(=C(\N)N1CCC(C)C(C)C1)c1nc(C)no1. The first kappa shape index (κ1) is 15.4. The summed E-state index contributed by atoms with van der Waals surface area (Å²) >= 11 is 0. The number of allylic oxidation sites excluding steroid dienone is 3. The number of nitrogens with two attached hydrogens (primary N) is 2. The predicted octanol–water partition coefficient (Wildman–Crippen LogP) is 1.85. The van der Waals surface area contributed by atoms with Crippen LogP contribution in [-0.2, 0) is 0 Å². The van der Waals surface area contributed by atoms with Crippen LogP contribution in [0, 0.1) is 18.8 Å². The highest BCUT2D eigenvalue weighted by Gasteiger charge is 2.25. The minimum Gasteiger partial charge on any atom is -0.402 e. The molecule has 2 heterocycles. The molecule has 0 amide bonds. The number of piperidine rings is 1. The summed E-state index contributed by atoms with van der Waals surface area (Å²) in [5, 5.41) is 3.83. The van der Waals surface area contributed by atoms with Crippen molar-refractivity contribution in [3.8, 4) is 0 Å². The zero-order valence-electron chi connectivity index (χ0n) is 13.3. The van der Waals surface area contributed by atoms with Gasteiger partial charge in [0.05, 0.1) is 5.57 Å². The van der Waals surface area contributed by atoms with Crippen LogP contribution >= 0.6 is 0 Å². The summed E-state index contributed by atoms with van der Waals surface area (Å²) in [6.07, 6.45) is 2.92. The van der Waals surface area contributed by atoms with E-state index in [1.807, 2.05) is 6.92 Å². The fourth-order valence-electron chi connectivity index (χ4n) is 2.53. The predicted molar refractivity (Wildman–Crippen MR) is 82.6 cm³/mol. The summed E-state index contributed by atoms with van der Waals surface area (Å²) in [6, 6.07) is 0. The van der Waals surface area contributed by atoms with E-state index in [9.17, 15) is 0 Å². The Balaban J connectivity index is 2.36. The molecule has 1 fully saturated rings. The zero-order valence-corrected chi connectivity index (χ0v) is 13.3. The Morgan fingerprint density at radius 2 is 2.05 bits per heavy atom. The molecule has 6 heteroatoms. The van der Waals surface area contributed by atoms with Crippen molar-refractivity contribution in [2.45, 2.75) is 34.1 Å². The van der Waals surface area contributed by atoms with Gasteiger partial charge in [0.25, 0.3) is 5.89 Å². The molecule has 4 N–H and O–H groups in total. The quantitative estimate of drug-likeness (QED) is 0.825. The minimum absolute atomic E-state index is 0.418. The Labute approximate surface area is 125 Å². The first-order valence-electron chi connectivity index (χ1n) is 7.37. The molecule has 1 aliphatic heterocycles. The third kappa shape index (κ3) is 3.56. The van der Waals surface area contributed by atoms with E-state index in [0.29, 0.717) is 34.7 Å². The molecule has 1 aromatic heterocycles. The number of hydrogen-bond acceptors (Lipinski definition) is 6. The van der Waals surface area contributed by atoms with Gasteiger partial charge in [0.15, 0.2) is 5.82 Å². The average Bonchev–Trinajstić information content (AvgIpc) is 2.84. The molecule has 2 atom stereocenters. The lowest BCUT2D eigenvalue weighted by Gasteiger charge is -2.37. The fraction of sp³-hybridized carbons (Fsp3) is 0.600. The number of aromatic nitrogens is 2. The molecule has 0 saturated carbocycles. The Morgan fingerprint density at radius 1 is 1.33 bits per heavy atom. The number of aryl methyl sites for hydroxylation is 1. The maximum absolute atomic E-state index is 6.37. The molecule has 0 spiro atoms. The van der Waals surface area contributed by atoms with Gasteiger partial charge in [-0.15, -0.1) is 0 Å². The summed E-state index contributed by atoms with van der Waals surface area (Å²) in [4.78, 5) is 6.45. The fourth-order valence-corrected chi connectivity index (χ4v) is 2.53. The number of hydrogen-bond donors (Lipinski definition) is 2. The van der Waals surface area contributed by atoms with E-state index in [-0.39, 0.29) is 0 Å². The van der Waals surface area contributed by atoms with Crippen LogP contribution in [0.15, 0.2) is 22.1 Å². The van der Waals surface area contributed by atoms with Crippen molar-refractivity contribution < 1.29 is 4.52 Å². The highest BCUT2D eigenvalue weighted by molar-refractivity contribution is 5.71. The maximum Gasteiger partial charge on any atom is 0.261 e. The molecular weight excluding hydrogens is 266 g/mol. The second-order valence-electron chi connectivity index (χ2n) is 6.02. The second kappa shape index (κ2) is 6.20. The molecular formula is C15H25N5O. The van der Waals surface area contributed by atoms with Crippen LogP contribution in [0.4, 0.5) is 0 Å². The van der Waals surface area contributed by atoms with Gasteiger partial charge in [-0.1, -0.05) is 19.0 Å². The molecule has 1 aliphatic rings. The van der Waals surface area contributed by atoms with E-state index < -0.39 is 0 Å². The zero-order chi connectivity index (χ0) is 15.6. The van der Waals surface area contributed by atoms with E-state index >= 15 is 0 Å². The van der Waals surface area contributed by atoms with Crippen molar-refractivity contribution in [2.24, 2.45) is 23.3 Å². The molecule has 1 saturated heterocycles. The molecule has 0 aromatic carbocycles. The van der Waals surface area contributed by atoms with Gasteiger partial charge in [-0.25, -0.2) is 0 Å². The maximum atomic E-state index is 6.37. The monoisotopic (exact) mass is 291 g/mol. The van der Waals surface area contributed by atoms with Gasteiger partial charge < -0.3 is 20.9 Å². The van der Waals surface area contributed by atoms with Crippen LogP contribution in [0.2, 0.25) is 0 Å². The molecule has 0 aliphatic carbocycles. The lowest BCUT2D eigenvalue weighted by atomic mass is 9.88. The number of likely N-dealkylation sites (tertiary alicyclic amines) is 1. The first-order valence-corrected chi connectivity index (χ1v) is 7.37. The van der Waals surface area contributed by atoms with Crippen LogP contribution in [0.5, 0.6) is 0 Å². The van der Waals surface area contributed by atoms with E-state index in [1.54, 1.807) is 13.0 Å². The Morgan fingerprint density at radius 3 is 2.57 bits per heavy atom.